The molecule has 0 radical (unpaired) electrons. The van der Waals surface area contributed by atoms with E-state index in [0.29, 0.717) is 6.54 Å². The van der Waals surface area contributed by atoms with Crippen LogP contribution in [-0.4, -0.2) is 16.1 Å². The van der Waals surface area contributed by atoms with Crippen LogP contribution in [0.4, 0.5) is 0 Å². The second kappa shape index (κ2) is 6.30. The fourth-order valence-electron chi connectivity index (χ4n) is 1.89. The molecule has 2 N–H and O–H groups in total. The summed E-state index contributed by atoms with van der Waals surface area (Å²) >= 11 is 0. The number of carboxylic acid groups (broad SMARTS) is 1. The molecule has 0 saturated carbocycles. The summed E-state index contributed by atoms with van der Waals surface area (Å²) < 4.78 is 0. The molecule has 2 aromatic rings. The van der Waals surface area contributed by atoms with Crippen molar-refractivity contribution in [2.45, 2.75) is 26.4 Å². The Bertz CT molecular complexity index is 576. The zero-order valence-electron chi connectivity index (χ0n) is 11.6. The van der Waals surface area contributed by atoms with E-state index < -0.39 is 5.97 Å². The van der Waals surface area contributed by atoms with Crippen LogP contribution >= 0.6 is 0 Å². The molecule has 0 bridgehead atoms. The Hall–Kier alpha value is -2.20. The SMILES string of the molecule is Cc1ccc(C(C)NCc2ccc(C(=O)O)cn2)cc1. The van der Waals surface area contributed by atoms with Crippen LogP contribution in [-0.2, 0) is 6.54 Å². The van der Waals surface area contributed by atoms with Crippen LogP contribution in [0.15, 0.2) is 42.6 Å². The molecular formula is C16H18N2O2. The number of pyridine rings is 1. The molecule has 20 heavy (non-hydrogen) atoms. The van der Waals surface area contributed by atoms with E-state index in [9.17, 15) is 4.79 Å². The second-order valence-corrected chi connectivity index (χ2v) is 4.86. The van der Waals surface area contributed by atoms with Crippen molar-refractivity contribution in [1.82, 2.24) is 10.3 Å². The molecule has 1 aromatic carbocycles. The molecule has 1 aromatic heterocycles. The average Bonchev–Trinajstić information content (AvgIpc) is 2.46. The number of hydrogen-bond acceptors (Lipinski definition) is 3. The monoisotopic (exact) mass is 270 g/mol. The van der Waals surface area contributed by atoms with Crippen LogP contribution in [0.3, 0.4) is 0 Å². The van der Waals surface area contributed by atoms with Crippen LogP contribution in [0.25, 0.3) is 0 Å². The van der Waals surface area contributed by atoms with Crippen molar-refractivity contribution in [2.75, 3.05) is 0 Å². The van der Waals surface area contributed by atoms with Crippen LogP contribution in [0, 0.1) is 6.92 Å². The van der Waals surface area contributed by atoms with E-state index in [-0.39, 0.29) is 11.6 Å². The standard InChI is InChI=1S/C16H18N2O2/c1-11-3-5-13(6-4-11)12(2)17-10-15-8-7-14(9-18-15)16(19)20/h3-9,12,17H,10H2,1-2H3,(H,19,20). The van der Waals surface area contributed by atoms with Gasteiger partial charge in [-0.1, -0.05) is 29.8 Å². The van der Waals surface area contributed by atoms with Crippen molar-refractivity contribution < 1.29 is 9.90 Å². The number of carbonyl (C=O) groups is 1. The van der Waals surface area contributed by atoms with Gasteiger partial charge in [0.1, 0.15) is 0 Å². The molecule has 104 valence electrons. The summed E-state index contributed by atoms with van der Waals surface area (Å²) in [6.07, 6.45) is 1.38. The van der Waals surface area contributed by atoms with Gasteiger partial charge in [-0.05, 0) is 31.5 Å². The van der Waals surface area contributed by atoms with Crippen LogP contribution < -0.4 is 5.32 Å². The fourth-order valence-corrected chi connectivity index (χ4v) is 1.89. The van der Waals surface area contributed by atoms with Gasteiger partial charge < -0.3 is 10.4 Å². The number of aromatic carboxylic acids is 1. The lowest BCUT2D eigenvalue weighted by molar-refractivity contribution is 0.0696. The molecular weight excluding hydrogens is 252 g/mol. The number of hydrogen-bond donors (Lipinski definition) is 2. The lowest BCUT2D eigenvalue weighted by Gasteiger charge is -2.14. The highest BCUT2D eigenvalue weighted by Crippen LogP contribution is 2.13. The smallest absolute Gasteiger partial charge is 0.337 e. The Morgan fingerprint density at radius 3 is 2.50 bits per heavy atom. The Morgan fingerprint density at radius 1 is 1.25 bits per heavy atom. The number of nitrogens with one attached hydrogen (secondary N) is 1. The van der Waals surface area contributed by atoms with E-state index >= 15 is 0 Å². The topological polar surface area (TPSA) is 62.2 Å². The van der Waals surface area contributed by atoms with Gasteiger partial charge in [0.15, 0.2) is 0 Å². The van der Waals surface area contributed by atoms with Crippen LogP contribution in [0.5, 0.6) is 0 Å². The predicted octanol–water partition coefficient (Wildman–Crippen LogP) is 2.94. The summed E-state index contributed by atoms with van der Waals surface area (Å²) in [7, 11) is 0. The molecule has 1 heterocycles. The molecule has 0 spiro atoms. The van der Waals surface area contributed by atoms with Gasteiger partial charge in [0.2, 0.25) is 0 Å². The first kappa shape index (κ1) is 14.2. The fraction of sp³-hybridized carbons (Fsp3) is 0.250. The maximum absolute atomic E-state index is 10.7. The Kier molecular flexibility index (Phi) is 4.48. The average molecular weight is 270 g/mol. The lowest BCUT2D eigenvalue weighted by atomic mass is 10.1. The summed E-state index contributed by atoms with van der Waals surface area (Å²) in [5.41, 5.74) is 3.50. The molecule has 1 atom stereocenters. The van der Waals surface area contributed by atoms with E-state index in [0.717, 1.165) is 5.69 Å². The maximum atomic E-state index is 10.7. The van der Waals surface area contributed by atoms with Gasteiger partial charge in [-0.25, -0.2) is 4.79 Å². The predicted molar refractivity (Wildman–Crippen MR) is 77.6 cm³/mol. The number of carboxylic acids is 1. The number of nitrogens with zero attached hydrogens (tertiary/aromatic N) is 1. The second-order valence-electron chi connectivity index (χ2n) is 4.86. The minimum absolute atomic E-state index is 0.209. The van der Waals surface area contributed by atoms with Crippen molar-refractivity contribution in [3.8, 4) is 0 Å². The van der Waals surface area contributed by atoms with Crippen molar-refractivity contribution >= 4 is 5.97 Å². The molecule has 0 aliphatic rings. The van der Waals surface area contributed by atoms with Crippen molar-refractivity contribution in [3.05, 3.63) is 65.0 Å². The maximum Gasteiger partial charge on any atom is 0.337 e. The van der Waals surface area contributed by atoms with Gasteiger partial charge in [-0.15, -0.1) is 0 Å². The van der Waals surface area contributed by atoms with E-state index in [1.54, 1.807) is 12.1 Å². The zero-order valence-corrected chi connectivity index (χ0v) is 11.6. The van der Waals surface area contributed by atoms with Gasteiger partial charge in [0.25, 0.3) is 0 Å². The van der Waals surface area contributed by atoms with Crippen molar-refractivity contribution in [3.63, 3.8) is 0 Å². The summed E-state index contributed by atoms with van der Waals surface area (Å²) in [5, 5.41) is 12.2. The first-order valence-corrected chi connectivity index (χ1v) is 6.54. The minimum atomic E-state index is -0.954. The van der Waals surface area contributed by atoms with E-state index in [4.69, 9.17) is 5.11 Å². The van der Waals surface area contributed by atoms with Crippen LogP contribution in [0.2, 0.25) is 0 Å². The largest absolute Gasteiger partial charge is 0.478 e. The van der Waals surface area contributed by atoms with E-state index in [2.05, 4.69) is 48.4 Å². The number of rotatable bonds is 5. The molecule has 0 aliphatic heterocycles. The van der Waals surface area contributed by atoms with Crippen molar-refractivity contribution in [2.24, 2.45) is 0 Å². The Balaban J connectivity index is 1.94. The normalized spacial score (nSPS) is 12.1. The summed E-state index contributed by atoms with van der Waals surface area (Å²) in [6.45, 7) is 4.76. The molecule has 2 rings (SSSR count). The van der Waals surface area contributed by atoms with Crippen LogP contribution in [0.1, 0.15) is 40.1 Å². The molecule has 1 unspecified atom stereocenters. The van der Waals surface area contributed by atoms with Gasteiger partial charge >= 0.3 is 5.97 Å². The number of aromatic nitrogens is 1. The molecule has 4 nitrogen and oxygen atoms in total. The van der Waals surface area contributed by atoms with Gasteiger partial charge in [0, 0.05) is 18.8 Å². The summed E-state index contributed by atoms with van der Waals surface area (Å²) in [6, 6.07) is 11.9. The summed E-state index contributed by atoms with van der Waals surface area (Å²) in [4.78, 5) is 14.9. The molecule has 0 saturated heterocycles. The van der Waals surface area contributed by atoms with E-state index in [1.165, 1.54) is 17.3 Å². The lowest BCUT2D eigenvalue weighted by Crippen LogP contribution is -2.18. The minimum Gasteiger partial charge on any atom is -0.478 e. The van der Waals surface area contributed by atoms with E-state index in [1.807, 2.05) is 0 Å². The third kappa shape index (κ3) is 3.65. The molecule has 0 amide bonds. The molecule has 0 aliphatic carbocycles. The Labute approximate surface area is 118 Å². The zero-order chi connectivity index (χ0) is 14.5. The Morgan fingerprint density at radius 2 is 1.95 bits per heavy atom. The first-order chi connectivity index (χ1) is 9.56. The van der Waals surface area contributed by atoms with Crippen molar-refractivity contribution in [1.29, 1.82) is 0 Å². The third-order valence-electron chi connectivity index (χ3n) is 3.24. The highest BCUT2D eigenvalue weighted by atomic mass is 16.4. The molecule has 0 fully saturated rings. The highest BCUT2D eigenvalue weighted by molar-refractivity contribution is 5.87. The first-order valence-electron chi connectivity index (χ1n) is 6.54. The third-order valence-corrected chi connectivity index (χ3v) is 3.24. The van der Waals surface area contributed by atoms with Gasteiger partial charge in [-0.3, -0.25) is 4.98 Å². The quantitative estimate of drug-likeness (QED) is 0.877. The number of aryl methyl sites for hydroxylation is 1. The summed E-state index contributed by atoms with van der Waals surface area (Å²) in [5.74, 6) is -0.954. The molecule has 4 heteroatoms. The highest BCUT2D eigenvalue weighted by Gasteiger charge is 2.06. The number of benzene rings is 1. The van der Waals surface area contributed by atoms with Gasteiger partial charge in [0.05, 0.1) is 11.3 Å². The van der Waals surface area contributed by atoms with Gasteiger partial charge in [-0.2, -0.15) is 0 Å².